The van der Waals surface area contributed by atoms with Crippen LogP contribution >= 0.6 is 39.1 Å². The Labute approximate surface area is 141 Å². The number of hydrogen-bond donors (Lipinski definition) is 3. The molecule has 1 aromatic rings. The van der Waals surface area contributed by atoms with Gasteiger partial charge in [-0.15, -0.1) is 0 Å². The Hall–Kier alpha value is -0.980. The quantitative estimate of drug-likeness (QED) is 0.660. The monoisotopic (exact) mass is 396 g/mol. The summed E-state index contributed by atoms with van der Waals surface area (Å²) in [6.07, 6.45) is 1.91. The summed E-state index contributed by atoms with van der Waals surface area (Å²) < 4.78 is 0.676. The van der Waals surface area contributed by atoms with Crippen LogP contribution in [-0.4, -0.2) is 23.1 Å². The summed E-state index contributed by atoms with van der Waals surface area (Å²) in [4.78, 5) is 22.9. The maximum atomic E-state index is 11.9. The van der Waals surface area contributed by atoms with Crippen LogP contribution < -0.4 is 10.6 Å². The molecule has 8 heteroatoms. The van der Waals surface area contributed by atoms with E-state index in [9.17, 15) is 9.59 Å². The second kappa shape index (κ2) is 8.46. The second-order valence-electron chi connectivity index (χ2n) is 4.38. The minimum atomic E-state index is -1.08. The highest BCUT2D eigenvalue weighted by Gasteiger charge is 2.20. The number of anilines is 1. The van der Waals surface area contributed by atoms with Crippen molar-refractivity contribution in [3.8, 4) is 0 Å². The summed E-state index contributed by atoms with van der Waals surface area (Å²) in [6, 6.07) is 1.55. The van der Waals surface area contributed by atoms with Crippen molar-refractivity contribution in [3.05, 3.63) is 26.7 Å². The first-order chi connectivity index (χ1) is 9.85. The highest BCUT2D eigenvalue weighted by molar-refractivity contribution is 9.10. The van der Waals surface area contributed by atoms with Gasteiger partial charge in [0.25, 0.3) is 0 Å². The number of rotatable bonds is 6. The molecular weight excluding hydrogens is 383 g/mol. The number of urea groups is 1. The van der Waals surface area contributed by atoms with E-state index >= 15 is 0 Å². The molecule has 0 radical (unpaired) electrons. The fraction of sp³-hybridized carbons (Fsp3) is 0.385. The molecule has 5 nitrogen and oxygen atoms in total. The van der Waals surface area contributed by atoms with Gasteiger partial charge in [0.05, 0.1) is 15.7 Å². The van der Waals surface area contributed by atoms with Crippen LogP contribution in [0.1, 0.15) is 26.2 Å². The van der Waals surface area contributed by atoms with Crippen LogP contribution in [0.2, 0.25) is 10.0 Å². The number of halogens is 3. The fourth-order valence-electron chi connectivity index (χ4n) is 1.64. The van der Waals surface area contributed by atoms with Crippen LogP contribution in [0.5, 0.6) is 0 Å². The van der Waals surface area contributed by atoms with Crippen LogP contribution in [-0.2, 0) is 4.79 Å². The lowest BCUT2D eigenvalue weighted by atomic mass is 10.1. The zero-order valence-electron chi connectivity index (χ0n) is 11.3. The van der Waals surface area contributed by atoms with Gasteiger partial charge >= 0.3 is 12.0 Å². The molecule has 0 saturated carbocycles. The number of amides is 2. The molecule has 1 atom stereocenters. The number of hydrogen-bond acceptors (Lipinski definition) is 2. The van der Waals surface area contributed by atoms with Crippen molar-refractivity contribution in [2.45, 2.75) is 32.2 Å². The van der Waals surface area contributed by atoms with Crippen LogP contribution in [0.25, 0.3) is 0 Å². The average molecular weight is 398 g/mol. The molecule has 0 saturated heterocycles. The van der Waals surface area contributed by atoms with E-state index in [4.69, 9.17) is 28.3 Å². The predicted molar refractivity (Wildman–Crippen MR) is 87.3 cm³/mol. The second-order valence-corrected chi connectivity index (χ2v) is 6.11. The van der Waals surface area contributed by atoms with Crippen LogP contribution in [0.4, 0.5) is 10.5 Å². The Balaban J connectivity index is 2.74. The van der Waals surface area contributed by atoms with Crippen LogP contribution in [0.3, 0.4) is 0 Å². The molecular formula is C13H15BrCl2N2O3. The fourth-order valence-corrected chi connectivity index (χ4v) is 2.94. The van der Waals surface area contributed by atoms with Crippen molar-refractivity contribution in [2.75, 3.05) is 5.32 Å². The lowest BCUT2D eigenvalue weighted by molar-refractivity contribution is -0.139. The van der Waals surface area contributed by atoms with E-state index in [1.54, 1.807) is 12.1 Å². The molecule has 0 aliphatic heterocycles. The van der Waals surface area contributed by atoms with E-state index in [1.807, 2.05) is 6.92 Å². The number of nitrogens with one attached hydrogen (secondary N) is 2. The normalized spacial score (nSPS) is 11.8. The minimum Gasteiger partial charge on any atom is -0.480 e. The highest BCUT2D eigenvalue weighted by Crippen LogP contribution is 2.33. The van der Waals surface area contributed by atoms with Gasteiger partial charge in [-0.05, 0) is 18.6 Å². The summed E-state index contributed by atoms with van der Waals surface area (Å²) >= 11 is 15.2. The Bertz CT molecular complexity index is 517. The third-order valence-corrected chi connectivity index (χ3v) is 3.75. The molecule has 0 unspecified atom stereocenters. The van der Waals surface area contributed by atoms with Gasteiger partial charge in [0.1, 0.15) is 6.04 Å². The van der Waals surface area contributed by atoms with Crippen molar-refractivity contribution >= 4 is 56.8 Å². The van der Waals surface area contributed by atoms with Gasteiger partial charge in [0.2, 0.25) is 0 Å². The van der Waals surface area contributed by atoms with Gasteiger partial charge in [-0.25, -0.2) is 9.59 Å². The van der Waals surface area contributed by atoms with Crippen molar-refractivity contribution < 1.29 is 14.7 Å². The Morgan fingerprint density at radius 1 is 1.33 bits per heavy atom. The highest BCUT2D eigenvalue weighted by atomic mass is 79.9. The SMILES string of the molecule is CCCC[C@H](NC(=O)Nc1c(Cl)cc(Br)cc1Cl)C(=O)O. The van der Waals surface area contributed by atoms with E-state index in [2.05, 4.69) is 26.6 Å². The lowest BCUT2D eigenvalue weighted by Crippen LogP contribution is -2.43. The average Bonchev–Trinajstić information content (AvgIpc) is 2.38. The molecule has 0 aliphatic rings. The molecule has 0 aliphatic carbocycles. The molecule has 21 heavy (non-hydrogen) atoms. The predicted octanol–water partition coefficient (Wildman–Crippen LogP) is 4.52. The summed E-state index contributed by atoms with van der Waals surface area (Å²) in [5.74, 6) is -1.08. The summed E-state index contributed by atoms with van der Waals surface area (Å²) in [6.45, 7) is 1.94. The molecule has 0 aromatic heterocycles. The third-order valence-electron chi connectivity index (χ3n) is 2.70. The first kappa shape index (κ1) is 18.1. The molecule has 2 amide bonds. The molecule has 0 bridgehead atoms. The van der Waals surface area contributed by atoms with Crippen molar-refractivity contribution in [2.24, 2.45) is 0 Å². The maximum Gasteiger partial charge on any atom is 0.326 e. The summed E-state index contributed by atoms with van der Waals surface area (Å²) in [5.41, 5.74) is 0.235. The van der Waals surface area contributed by atoms with E-state index in [0.717, 1.165) is 6.42 Å². The third kappa shape index (κ3) is 5.73. The standard InChI is InChI=1S/C13H15BrCl2N2O3/c1-2-3-4-10(12(19)20)17-13(21)18-11-8(15)5-7(14)6-9(11)16/h5-6,10H,2-4H2,1H3,(H,19,20)(H2,17,18,21)/t10-/m0/s1. The van der Waals surface area contributed by atoms with Gasteiger partial charge in [-0.2, -0.15) is 0 Å². The van der Waals surface area contributed by atoms with Gasteiger partial charge in [0.15, 0.2) is 0 Å². The first-order valence-corrected chi connectivity index (χ1v) is 7.85. The van der Waals surface area contributed by atoms with E-state index in [1.165, 1.54) is 0 Å². The van der Waals surface area contributed by atoms with E-state index < -0.39 is 18.0 Å². The molecule has 0 heterocycles. The molecule has 1 aromatic carbocycles. The Morgan fingerprint density at radius 3 is 2.38 bits per heavy atom. The van der Waals surface area contributed by atoms with Gasteiger partial charge in [-0.1, -0.05) is 58.9 Å². The van der Waals surface area contributed by atoms with Gasteiger partial charge in [-0.3, -0.25) is 0 Å². The first-order valence-electron chi connectivity index (χ1n) is 6.30. The topological polar surface area (TPSA) is 78.4 Å². The number of carbonyl (C=O) groups is 2. The minimum absolute atomic E-state index is 0.235. The molecule has 0 fully saturated rings. The van der Waals surface area contributed by atoms with Crippen LogP contribution in [0, 0.1) is 0 Å². The lowest BCUT2D eigenvalue weighted by Gasteiger charge is -2.16. The summed E-state index contributed by atoms with van der Waals surface area (Å²) in [5, 5.41) is 14.4. The largest absolute Gasteiger partial charge is 0.480 e. The number of carboxylic acid groups (broad SMARTS) is 1. The van der Waals surface area contributed by atoms with Crippen molar-refractivity contribution in [1.29, 1.82) is 0 Å². The number of unbranched alkanes of at least 4 members (excludes halogenated alkanes) is 1. The number of carbonyl (C=O) groups excluding carboxylic acids is 1. The van der Waals surface area contributed by atoms with Gasteiger partial charge < -0.3 is 15.7 Å². The number of aliphatic carboxylic acids is 1. The number of benzene rings is 1. The van der Waals surface area contributed by atoms with E-state index in [-0.39, 0.29) is 15.7 Å². The number of carboxylic acids is 1. The van der Waals surface area contributed by atoms with Crippen LogP contribution in [0.15, 0.2) is 16.6 Å². The van der Waals surface area contributed by atoms with Crippen molar-refractivity contribution in [1.82, 2.24) is 5.32 Å². The smallest absolute Gasteiger partial charge is 0.326 e. The Kier molecular flexibility index (Phi) is 7.28. The summed E-state index contributed by atoms with van der Waals surface area (Å²) in [7, 11) is 0. The molecule has 1 rings (SSSR count). The van der Waals surface area contributed by atoms with E-state index in [0.29, 0.717) is 17.3 Å². The maximum absolute atomic E-state index is 11.9. The van der Waals surface area contributed by atoms with Gasteiger partial charge in [0, 0.05) is 4.47 Å². The molecule has 116 valence electrons. The Morgan fingerprint density at radius 2 is 1.90 bits per heavy atom. The zero-order chi connectivity index (χ0) is 16.0. The molecule has 0 spiro atoms. The zero-order valence-corrected chi connectivity index (χ0v) is 14.3. The molecule has 3 N–H and O–H groups in total. The van der Waals surface area contributed by atoms with Crippen molar-refractivity contribution in [3.63, 3.8) is 0 Å².